The molecular formula is C28H36N4O3. The van der Waals surface area contributed by atoms with Crippen molar-refractivity contribution in [3.63, 3.8) is 0 Å². The molecule has 0 unspecified atom stereocenters. The van der Waals surface area contributed by atoms with E-state index in [1.807, 2.05) is 38.1 Å². The molecular weight excluding hydrogens is 440 g/mol. The third-order valence-corrected chi connectivity index (χ3v) is 7.14. The van der Waals surface area contributed by atoms with Crippen molar-refractivity contribution in [2.24, 2.45) is 11.8 Å². The Bertz CT molecular complexity index is 1210. The summed E-state index contributed by atoms with van der Waals surface area (Å²) in [5.74, 6) is 0.943. The second-order valence-electron chi connectivity index (χ2n) is 9.66. The number of anilines is 1. The average molecular weight is 477 g/mol. The topological polar surface area (TPSA) is 86.1 Å². The number of nitrogens with one attached hydrogen (secondary N) is 1. The zero-order valence-corrected chi connectivity index (χ0v) is 21.3. The molecule has 3 aromatic rings. The Morgan fingerprint density at radius 3 is 2.60 bits per heavy atom. The Morgan fingerprint density at radius 2 is 1.89 bits per heavy atom. The fourth-order valence-corrected chi connectivity index (χ4v) is 5.08. The van der Waals surface area contributed by atoms with E-state index >= 15 is 0 Å². The van der Waals surface area contributed by atoms with E-state index < -0.39 is 5.97 Å². The van der Waals surface area contributed by atoms with Crippen LogP contribution in [0.2, 0.25) is 0 Å². The van der Waals surface area contributed by atoms with Gasteiger partial charge < -0.3 is 10.1 Å². The number of aromatic nitrogens is 3. The van der Waals surface area contributed by atoms with Crippen molar-refractivity contribution in [2.45, 2.75) is 72.6 Å². The molecule has 1 saturated carbocycles. The smallest absolute Gasteiger partial charge is 0.343 e. The number of aryl methyl sites for hydroxylation is 2. The van der Waals surface area contributed by atoms with Gasteiger partial charge in [0.25, 0.3) is 0 Å². The first kappa shape index (κ1) is 24.9. The first-order chi connectivity index (χ1) is 16.9. The number of pyridine rings is 1. The summed E-state index contributed by atoms with van der Waals surface area (Å²) in [7, 11) is 0. The number of rotatable bonds is 8. The summed E-state index contributed by atoms with van der Waals surface area (Å²) in [6.45, 7) is 8.26. The summed E-state index contributed by atoms with van der Waals surface area (Å²) in [5, 5.41) is 8.54. The van der Waals surface area contributed by atoms with E-state index in [1.54, 1.807) is 11.6 Å². The maximum atomic E-state index is 13.3. The lowest BCUT2D eigenvalue weighted by atomic mass is 9.79. The number of hydrogen-bond acceptors (Lipinski definition) is 5. The SMILES string of the molecule is CCCCC1CCC(C(=O)Nc2c(C(=O)OCC)cnn2-c2cc(C)c3cccc(C)c3n2)CC1. The van der Waals surface area contributed by atoms with Crippen LogP contribution in [0.25, 0.3) is 16.7 Å². The van der Waals surface area contributed by atoms with Gasteiger partial charge in [0.05, 0.1) is 18.3 Å². The Labute approximate surface area is 207 Å². The Kier molecular flexibility index (Phi) is 7.83. The van der Waals surface area contributed by atoms with E-state index in [-0.39, 0.29) is 24.0 Å². The number of fused-ring (bicyclic) bond motifs is 1. The quantitative estimate of drug-likeness (QED) is 0.394. The lowest BCUT2D eigenvalue weighted by Crippen LogP contribution is -2.29. The maximum Gasteiger partial charge on any atom is 0.343 e. The van der Waals surface area contributed by atoms with Crippen molar-refractivity contribution in [2.75, 3.05) is 11.9 Å². The van der Waals surface area contributed by atoms with E-state index in [2.05, 4.69) is 17.3 Å². The van der Waals surface area contributed by atoms with Crippen LogP contribution in [0.5, 0.6) is 0 Å². The minimum atomic E-state index is -0.508. The number of unbranched alkanes of at least 4 members (excludes halogenated alkanes) is 1. The van der Waals surface area contributed by atoms with Crippen LogP contribution in [0, 0.1) is 25.7 Å². The van der Waals surface area contributed by atoms with Crippen LogP contribution in [0.3, 0.4) is 0 Å². The molecule has 0 atom stereocenters. The number of carbonyl (C=O) groups is 2. The number of carbonyl (C=O) groups excluding carboxylic acids is 2. The van der Waals surface area contributed by atoms with Gasteiger partial charge in [-0.3, -0.25) is 4.79 Å². The fraction of sp³-hybridized carbons (Fsp3) is 0.500. The predicted molar refractivity (Wildman–Crippen MR) is 138 cm³/mol. The molecule has 1 aromatic carbocycles. The lowest BCUT2D eigenvalue weighted by molar-refractivity contribution is -0.121. The monoisotopic (exact) mass is 476 g/mol. The van der Waals surface area contributed by atoms with Gasteiger partial charge in [-0.05, 0) is 69.6 Å². The number of amides is 1. The Hall–Kier alpha value is -3.22. The number of nitrogens with zero attached hydrogens (tertiary/aromatic N) is 3. The van der Waals surface area contributed by atoms with Crippen LogP contribution in [0.4, 0.5) is 5.82 Å². The second kappa shape index (κ2) is 11.0. The fourth-order valence-electron chi connectivity index (χ4n) is 5.08. The summed E-state index contributed by atoms with van der Waals surface area (Å²) < 4.78 is 6.80. The van der Waals surface area contributed by atoms with Gasteiger partial charge in [0.15, 0.2) is 11.6 Å². The lowest BCUT2D eigenvalue weighted by Gasteiger charge is -2.27. The van der Waals surface area contributed by atoms with E-state index in [4.69, 9.17) is 9.72 Å². The number of para-hydroxylation sites is 1. The molecule has 4 rings (SSSR count). The molecule has 35 heavy (non-hydrogen) atoms. The minimum absolute atomic E-state index is 0.0695. The molecule has 7 heteroatoms. The van der Waals surface area contributed by atoms with Crippen molar-refractivity contribution < 1.29 is 14.3 Å². The zero-order valence-electron chi connectivity index (χ0n) is 21.3. The highest BCUT2D eigenvalue weighted by Gasteiger charge is 2.29. The molecule has 0 radical (unpaired) electrons. The Morgan fingerprint density at radius 1 is 1.11 bits per heavy atom. The van der Waals surface area contributed by atoms with Crippen LogP contribution in [0.1, 0.15) is 80.3 Å². The molecule has 186 valence electrons. The standard InChI is InChI=1S/C28H36N4O3/c1-5-7-10-20-12-14-21(15-13-20)27(33)31-26-23(28(34)35-6-2)17-29-32(26)24-16-19(4)22-11-8-9-18(3)25(22)30-24/h8-9,11,16-17,20-21H,5-7,10,12-15H2,1-4H3,(H,31,33). The molecule has 1 aliphatic rings. The highest BCUT2D eigenvalue weighted by atomic mass is 16.5. The maximum absolute atomic E-state index is 13.3. The molecule has 0 saturated heterocycles. The van der Waals surface area contributed by atoms with Crippen molar-refractivity contribution >= 4 is 28.6 Å². The summed E-state index contributed by atoms with van der Waals surface area (Å²) in [6.07, 6.45) is 9.06. The second-order valence-corrected chi connectivity index (χ2v) is 9.66. The van der Waals surface area contributed by atoms with Crippen molar-refractivity contribution in [3.8, 4) is 5.82 Å². The van der Waals surface area contributed by atoms with Gasteiger partial charge in [0.1, 0.15) is 5.56 Å². The van der Waals surface area contributed by atoms with Crippen molar-refractivity contribution in [3.05, 3.63) is 47.2 Å². The highest BCUT2D eigenvalue weighted by molar-refractivity contribution is 6.01. The molecule has 0 aliphatic heterocycles. The molecule has 0 bridgehead atoms. The molecule has 7 nitrogen and oxygen atoms in total. The van der Waals surface area contributed by atoms with Gasteiger partial charge in [-0.2, -0.15) is 9.78 Å². The number of hydrogen-bond donors (Lipinski definition) is 1. The van der Waals surface area contributed by atoms with Gasteiger partial charge in [0, 0.05) is 11.3 Å². The van der Waals surface area contributed by atoms with E-state index in [0.717, 1.165) is 47.7 Å². The summed E-state index contributed by atoms with van der Waals surface area (Å²) in [6, 6.07) is 8.01. The molecule has 2 aromatic heterocycles. The van der Waals surface area contributed by atoms with Crippen molar-refractivity contribution in [1.29, 1.82) is 0 Å². The Balaban J connectivity index is 1.64. The van der Waals surface area contributed by atoms with E-state index in [9.17, 15) is 9.59 Å². The van der Waals surface area contributed by atoms with Gasteiger partial charge in [-0.15, -0.1) is 0 Å². The highest BCUT2D eigenvalue weighted by Crippen LogP contribution is 2.33. The van der Waals surface area contributed by atoms with E-state index in [0.29, 0.717) is 17.6 Å². The van der Waals surface area contributed by atoms with Crippen LogP contribution in [-0.4, -0.2) is 33.2 Å². The summed E-state index contributed by atoms with van der Waals surface area (Å²) >= 11 is 0. The minimum Gasteiger partial charge on any atom is -0.462 e. The third kappa shape index (κ3) is 5.39. The van der Waals surface area contributed by atoms with Crippen molar-refractivity contribution in [1.82, 2.24) is 14.8 Å². The van der Waals surface area contributed by atoms with E-state index in [1.165, 1.54) is 25.5 Å². The number of ether oxygens (including phenoxy) is 1. The average Bonchev–Trinajstić information content (AvgIpc) is 3.27. The molecule has 1 aliphatic carbocycles. The predicted octanol–water partition coefficient (Wildman–Crippen LogP) is 6.15. The van der Waals surface area contributed by atoms with Gasteiger partial charge in [-0.1, -0.05) is 44.4 Å². The molecule has 1 N–H and O–H groups in total. The first-order valence-corrected chi connectivity index (χ1v) is 12.9. The largest absolute Gasteiger partial charge is 0.462 e. The molecule has 1 amide bonds. The first-order valence-electron chi connectivity index (χ1n) is 12.9. The van der Waals surface area contributed by atoms with Gasteiger partial charge in [-0.25, -0.2) is 9.78 Å². The zero-order chi connectivity index (χ0) is 24.9. The normalized spacial score (nSPS) is 17.9. The summed E-state index contributed by atoms with van der Waals surface area (Å²) in [4.78, 5) is 30.8. The van der Waals surface area contributed by atoms with Gasteiger partial charge >= 0.3 is 5.97 Å². The third-order valence-electron chi connectivity index (χ3n) is 7.14. The van der Waals surface area contributed by atoms with Crippen LogP contribution in [-0.2, 0) is 9.53 Å². The molecule has 1 fully saturated rings. The molecule has 0 spiro atoms. The van der Waals surface area contributed by atoms with Crippen LogP contribution < -0.4 is 5.32 Å². The van der Waals surface area contributed by atoms with Gasteiger partial charge in [0.2, 0.25) is 5.91 Å². The molecule has 2 heterocycles. The van der Waals surface area contributed by atoms with Crippen LogP contribution >= 0.6 is 0 Å². The summed E-state index contributed by atoms with van der Waals surface area (Å²) in [5.41, 5.74) is 3.21. The van der Waals surface area contributed by atoms with Crippen LogP contribution in [0.15, 0.2) is 30.5 Å². The number of esters is 1. The number of benzene rings is 1.